The van der Waals surface area contributed by atoms with Crippen LogP contribution in [0.4, 0.5) is 5.82 Å². The fraction of sp³-hybridized carbons (Fsp3) is 0.441. The van der Waals surface area contributed by atoms with Crippen molar-refractivity contribution in [2.45, 2.75) is 57.2 Å². The number of ether oxygens (including phenoxy) is 2. The molecule has 2 aromatic carbocycles. The van der Waals surface area contributed by atoms with Gasteiger partial charge >= 0.3 is 5.97 Å². The number of para-hydroxylation sites is 1. The Bertz CT molecular complexity index is 2010. The van der Waals surface area contributed by atoms with Gasteiger partial charge in [-0.1, -0.05) is 30.7 Å². The van der Waals surface area contributed by atoms with E-state index in [9.17, 15) is 14.7 Å². The highest BCUT2D eigenvalue weighted by molar-refractivity contribution is 6.31. The van der Waals surface area contributed by atoms with Crippen molar-refractivity contribution in [3.05, 3.63) is 53.3 Å². The Morgan fingerprint density at radius 2 is 1.94 bits per heavy atom. The van der Waals surface area contributed by atoms with E-state index in [0.29, 0.717) is 90.4 Å². The summed E-state index contributed by atoms with van der Waals surface area (Å²) in [6.07, 6.45) is 1.89. The summed E-state index contributed by atoms with van der Waals surface area (Å²) in [5, 5.41) is 11.8. The molecular weight excluding hydrogens is 624 g/mol. The number of hydrogen-bond donors (Lipinski definition) is 1. The molecule has 9 rings (SSSR count). The third-order valence-electron chi connectivity index (χ3n) is 9.65. The van der Waals surface area contributed by atoms with Gasteiger partial charge in [0.05, 0.1) is 24.2 Å². The van der Waals surface area contributed by atoms with E-state index >= 15 is 0 Å². The number of imidazole rings is 1. The molecule has 0 saturated carbocycles. The van der Waals surface area contributed by atoms with Crippen LogP contribution < -0.4 is 9.64 Å². The number of amides is 1. The number of carbonyl (C=O) groups is 2. The molecule has 244 valence electrons. The predicted molar refractivity (Wildman–Crippen MR) is 175 cm³/mol. The Morgan fingerprint density at radius 3 is 2.79 bits per heavy atom. The monoisotopic (exact) mass is 658 g/mol. The Hall–Kier alpha value is -4.42. The lowest BCUT2D eigenvalue weighted by Crippen LogP contribution is -2.43. The van der Waals surface area contributed by atoms with E-state index in [1.54, 1.807) is 4.90 Å². The van der Waals surface area contributed by atoms with Crippen LogP contribution in [-0.2, 0) is 20.7 Å². The number of rotatable bonds is 1. The van der Waals surface area contributed by atoms with Gasteiger partial charge in [0, 0.05) is 55.4 Å². The highest BCUT2D eigenvalue weighted by atomic mass is 35.5. The number of nitrogens with zero attached hydrogens (tertiary/aromatic N) is 6. The lowest BCUT2D eigenvalue weighted by atomic mass is 9.93. The Kier molecular flexibility index (Phi) is 7.64. The molecule has 4 aliphatic heterocycles. The smallest absolute Gasteiger partial charge is 0.326 e. The van der Waals surface area contributed by atoms with Gasteiger partial charge in [0.25, 0.3) is 6.01 Å². The summed E-state index contributed by atoms with van der Waals surface area (Å²) in [5.74, 6) is 0.212. The molecule has 4 atom stereocenters. The van der Waals surface area contributed by atoms with Gasteiger partial charge in [-0.2, -0.15) is 4.98 Å². The maximum atomic E-state index is 13.2. The van der Waals surface area contributed by atoms with E-state index in [1.807, 2.05) is 47.4 Å². The summed E-state index contributed by atoms with van der Waals surface area (Å²) < 4.78 is 21.0. The second kappa shape index (κ2) is 12.0. The molecule has 7 heterocycles. The fourth-order valence-corrected chi connectivity index (χ4v) is 7.54. The zero-order chi connectivity index (χ0) is 32.2. The van der Waals surface area contributed by atoms with Crippen molar-refractivity contribution in [1.82, 2.24) is 24.4 Å². The van der Waals surface area contributed by atoms with Gasteiger partial charge in [0.2, 0.25) is 5.91 Å². The van der Waals surface area contributed by atoms with Gasteiger partial charge in [-0.05, 0) is 49.1 Å². The van der Waals surface area contributed by atoms with E-state index in [0.717, 1.165) is 17.3 Å². The lowest BCUT2D eigenvalue weighted by Gasteiger charge is -2.38. The second-order valence-electron chi connectivity index (χ2n) is 12.8. The molecular formula is C34H35ClN6O6. The zero-order valence-corrected chi connectivity index (χ0v) is 26.7. The van der Waals surface area contributed by atoms with E-state index in [-0.39, 0.29) is 30.8 Å². The minimum atomic E-state index is -0.979. The molecule has 1 amide bonds. The van der Waals surface area contributed by atoms with Crippen molar-refractivity contribution in [3.8, 4) is 6.01 Å². The summed E-state index contributed by atoms with van der Waals surface area (Å²) in [5.41, 5.74) is 3.29. The standard InChI is InChI=1S/C34H35ClN6O6/c1-19-17-39-12-10-24(19)41-25-9-8-20(35)15-23(25)36-34(41)46-21-16-26(33(43)44)40(18-21)32-31-30(22-5-2-3-6-27(22)47-31)37-28(38-32)11-14-45-13-4-7-29(39)42/h2-3,5-6,8-9,15,19,21,24,26H,4,7,10-14,16-18H2,1H3,(H,43,44)/t19-,21-,24-,26-/m0/s1. The number of hydrogen-bond acceptors (Lipinski definition) is 9. The van der Waals surface area contributed by atoms with E-state index in [4.69, 9.17) is 40.4 Å². The number of anilines is 1. The summed E-state index contributed by atoms with van der Waals surface area (Å²) >= 11 is 6.37. The van der Waals surface area contributed by atoms with Gasteiger partial charge in [-0.15, -0.1) is 0 Å². The molecule has 12 nitrogen and oxygen atoms in total. The Labute approximate surface area is 275 Å². The molecule has 5 aromatic rings. The Morgan fingerprint density at radius 1 is 1.06 bits per heavy atom. The molecule has 4 aliphatic rings. The van der Waals surface area contributed by atoms with Crippen LogP contribution in [0.1, 0.15) is 44.5 Å². The fourth-order valence-electron chi connectivity index (χ4n) is 7.37. The van der Waals surface area contributed by atoms with E-state index in [1.165, 1.54) is 0 Å². The summed E-state index contributed by atoms with van der Waals surface area (Å²) in [7, 11) is 0. The largest absolute Gasteiger partial charge is 0.480 e. The van der Waals surface area contributed by atoms with Crippen molar-refractivity contribution in [1.29, 1.82) is 0 Å². The van der Waals surface area contributed by atoms with Crippen molar-refractivity contribution in [2.75, 3.05) is 37.7 Å². The van der Waals surface area contributed by atoms with Gasteiger partial charge in [0.1, 0.15) is 29.1 Å². The number of halogens is 1. The minimum absolute atomic E-state index is 0.0153. The maximum absolute atomic E-state index is 13.2. The number of fused-ring (bicyclic) bond motifs is 12. The molecule has 2 saturated heterocycles. The quantitative estimate of drug-likeness (QED) is 0.254. The molecule has 47 heavy (non-hydrogen) atoms. The zero-order valence-electron chi connectivity index (χ0n) is 26.0. The molecule has 0 unspecified atom stereocenters. The van der Waals surface area contributed by atoms with Crippen LogP contribution in [-0.4, -0.2) is 86.4 Å². The number of carboxylic acid groups (broad SMARTS) is 1. The molecule has 0 radical (unpaired) electrons. The van der Waals surface area contributed by atoms with Crippen molar-refractivity contribution >= 4 is 62.4 Å². The normalized spacial score (nSPS) is 24.2. The van der Waals surface area contributed by atoms with Gasteiger partial charge < -0.3 is 28.8 Å². The van der Waals surface area contributed by atoms with E-state index < -0.39 is 18.1 Å². The molecule has 2 fully saturated rings. The molecule has 0 spiro atoms. The molecule has 13 heteroatoms. The van der Waals surface area contributed by atoms with Crippen molar-refractivity contribution in [2.24, 2.45) is 5.92 Å². The average molecular weight is 659 g/mol. The highest BCUT2D eigenvalue weighted by Gasteiger charge is 2.42. The van der Waals surface area contributed by atoms with Crippen LogP contribution in [0.2, 0.25) is 5.02 Å². The molecule has 1 N–H and O–H groups in total. The number of furan rings is 1. The number of carboxylic acids is 1. The highest BCUT2D eigenvalue weighted by Crippen LogP contribution is 2.40. The van der Waals surface area contributed by atoms with Gasteiger partial charge in [-0.3, -0.25) is 9.36 Å². The average Bonchev–Trinajstić information content (AvgIpc) is 3.75. The second-order valence-corrected chi connectivity index (χ2v) is 13.2. The third kappa shape index (κ3) is 5.42. The lowest BCUT2D eigenvalue weighted by molar-refractivity contribution is -0.138. The van der Waals surface area contributed by atoms with Crippen LogP contribution in [0.5, 0.6) is 6.01 Å². The first-order valence-electron chi connectivity index (χ1n) is 16.2. The summed E-state index contributed by atoms with van der Waals surface area (Å²) in [6, 6.07) is 12.7. The summed E-state index contributed by atoms with van der Waals surface area (Å²) in [6.45, 7) is 4.46. The number of piperidine rings is 1. The summed E-state index contributed by atoms with van der Waals surface area (Å²) in [4.78, 5) is 44.2. The van der Waals surface area contributed by atoms with Gasteiger partial charge in [-0.25, -0.2) is 14.8 Å². The third-order valence-corrected chi connectivity index (χ3v) is 9.89. The van der Waals surface area contributed by atoms with Crippen LogP contribution in [0.25, 0.3) is 33.1 Å². The topological polar surface area (TPSA) is 136 Å². The SMILES string of the molecule is C[C@H]1CN2CC[C@@H]1n1c(nc3cc(Cl)ccc31)O[C@H]1C[C@@H](C(=O)O)N(C1)c1nc(nc3c1oc1ccccc13)CCOCCCC2=O. The molecule has 3 aromatic heterocycles. The van der Waals surface area contributed by atoms with Crippen LogP contribution in [0, 0.1) is 5.92 Å². The number of aliphatic carboxylic acids is 1. The number of aromatic nitrogens is 4. The number of benzene rings is 2. The van der Waals surface area contributed by atoms with Crippen molar-refractivity contribution < 1.29 is 28.6 Å². The molecule has 6 bridgehead atoms. The van der Waals surface area contributed by atoms with Crippen molar-refractivity contribution in [3.63, 3.8) is 0 Å². The predicted octanol–water partition coefficient (Wildman–Crippen LogP) is 5.25. The van der Waals surface area contributed by atoms with Gasteiger partial charge in [0.15, 0.2) is 11.4 Å². The Balaban J connectivity index is 1.23. The molecule has 0 aliphatic carbocycles. The van der Waals surface area contributed by atoms with E-state index in [2.05, 4.69) is 11.5 Å². The van der Waals surface area contributed by atoms with Crippen LogP contribution >= 0.6 is 11.6 Å². The first-order valence-corrected chi connectivity index (χ1v) is 16.6. The number of carbonyl (C=O) groups excluding carboxylic acids is 1. The maximum Gasteiger partial charge on any atom is 0.326 e. The first-order chi connectivity index (χ1) is 22.8. The van der Waals surface area contributed by atoms with Crippen LogP contribution in [0.15, 0.2) is 46.9 Å². The van der Waals surface area contributed by atoms with Crippen LogP contribution in [0.3, 0.4) is 0 Å². The first kappa shape index (κ1) is 29.9. The minimum Gasteiger partial charge on any atom is -0.480 e.